The van der Waals surface area contributed by atoms with Gasteiger partial charge in [-0.25, -0.2) is 4.68 Å². The first kappa shape index (κ1) is 11.2. The molecular formula is C12H19N3O. The van der Waals surface area contributed by atoms with Crippen molar-refractivity contribution in [2.45, 2.75) is 39.2 Å². The lowest BCUT2D eigenvalue weighted by Gasteiger charge is -2.32. The molecule has 1 saturated carbocycles. The van der Waals surface area contributed by atoms with Gasteiger partial charge in [-0.05, 0) is 31.1 Å². The fraction of sp³-hybridized carbons (Fsp3) is 0.667. The second-order valence-corrected chi connectivity index (χ2v) is 5.12. The standard InChI is InChI=1S/C12H19N3O/c1-8-3-9(2)5-11(4-8)15-12(13)10(7-16)6-14-15/h6-9,11H,3-5,13H2,1-2H3. The zero-order chi connectivity index (χ0) is 11.7. The Morgan fingerprint density at radius 1 is 1.38 bits per heavy atom. The zero-order valence-corrected chi connectivity index (χ0v) is 9.89. The minimum atomic E-state index is 0.354. The number of rotatable bonds is 2. The molecule has 2 rings (SSSR count). The molecule has 1 fully saturated rings. The third kappa shape index (κ3) is 1.96. The maximum atomic E-state index is 10.7. The van der Waals surface area contributed by atoms with E-state index in [9.17, 15) is 4.79 Å². The molecule has 1 aliphatic rings. The van der Waals surface area contributed by atoms with Crippen molar-refractivity contribution in [3.05, 3.63) is 11.8 Å². The van der Waals surface area contributed by atoms with Crippen molar-refractivity contribution in [2.24, 2.45) is 11.8 Å². The monoisotopic (exact) mass is 221 g/mol. The van der Waals surface area contributed by atoms with Crippen LogP contribution in [0.5, 0.6) is 0 Å². The Kier molecular flexibility index (Phi) is 2.99. The van der Waals surface area contributed by atoms with Gasteiger partial charge >= 0.3 is 0 Å². The second kappa shape index (κ2) is 4.28. The fourth-order valence-electron chi connectivity index (χ4n) is 2.87. The first-order valence-corrected chi connectivity index (χ1v) is 5.90. The molecule has 4 heteroatoms. The molecule has 0 amide bonds. The van der Waals surface area contributed by atoms with E-state index < -0.39 is 0 Å². The molecule has 0 aliphatic heterocycles. The second-order valence-electron chi connectivity index (χ2n) is 5.12. The number of aromatic nitrogens is 2. The van der Waals surface area contributed by atoms with Gasteiger partial charge in [0.15, 0.2) is 6.29 Å². The lowest BCUT2D eigenvalue weighted by Crippen LogP contribution is -2.24. The van der Waals surface area contributed by atoms with Crippen LogP contribution >= 0.6 is 0 Å². The summed E-state index contributed by atoms with van der Waals surface area (Å²) in [5.41, 5.74) is 6.41. The van der Waals surface area contributed by atoms with Crippen molar-refractivity contribution in [1.82, 2.24) is 9.78 Å². The van der Waals surface area contributed by atoms with E-state index in [-0.39, 0.29) is 0 Å². The van der Waals surface area contributed by atoms with Crippen LogP contribution in [0.4, 0.5) is 5.82 Å². The third-order valence-corrected chi connectivity index (χ3v) is 3.49. The Balaban J connectivity index is 2.22. The first-order chi connectivity index (χ1) is 7.61. The molecule has 1 aromatic rings. The number of aldehydes is 1. The summed E-state index contributed by atoms with van der Waals surface area (Å²) in [5.74, 6) is 1.93. The van der Waals surface area contributed by atoms with E-state index in [0.717, 1.165) is 19.1 Å². The molecule has 0 spiro atoms. The SMILES string of the molecule is CC1CC(C)CC(n2ncc(C=O)c2N)C1. The lowest BCUT2D eigenvalue weighted by atomic mass is 9.80. The zero-order valence-electron chi connectivity index (χ0n) is 9.89. The molecule has 2 atom stereocenters. The van der Waals surface area contributed by atoms with Crippen LogP contribution in [0.3, 0.4) is 0 Å². The predicted molar refractivity (Wildman–Crippen MR) is 63.2 cm³/mol. The van der Waals surface area contributed by atoms with E-state index in [1.165, 1.54) is 6.42 Å². The average Bonchev–Trinajstić information content (AvgIpc) is 2.58. The lowest BCUT2D eigenvalue weighted by molar-refractivity contribution is 0.112. The number of carbonyl (C=O) groups is 1. The Labute approximate surface area is 95.8 Å². The van der Waals surface area contributed by atoms with E-state index in [1.807, 2.05) is 4.68 Å². The van der Waals surface area contributed by atoms with Crippen LogP contribution in [0.25, 0.3) is 0 Å². The molecule has 2 unspecified atom stereocenters. The maximum Gasteiger partial charge on any atom is 0.155 e. The molecule has 0 aromatic carbocycles. The Bertz CT molecular complexity index is 376. The van der Waals surface area contributed by atoms with Gasteiger partial charge in [-0.2, -0.15) is 5.10 Å². The molecule has 1 heterocycles. The van der Waals surface area contributed by atoms with E-state index in [1.54, 1.807) is 6.20 Å². The number of hydrogen-bond acceptors (Lipinski definition) is 3. The number of anilines is 1. The molecular weight excluding hydrogens is 202 g/mol. The third-order valence-electron chi connectivity index (χ3n) is 3.49. The minimum absolute atomic E-state index is 0.354. The van der Waals surface area contributed by atoms with Crippen LogP contribution < -0.4 is 5.73 Å². The van der Waals surface area contributed by atoms with E-state index in [0.29, 0.717) is 29.3 Å². The number of nitrogens with two attached hydrogens (primary N) is 1. The highest BCUT2D eigenvalue weighted by atomic mass is 16.1. The Morgan fingerprint density at radius 2 is 2.00 bits per heavy atom. The van der Waals surface area contributed by atoms with Crippen LogP contribution in [-0.4, -0.2) is 16.1 Å². The van der Waals surface area contributed by atoms with Gasteiger partial charge in [0.25, 0.3) is 0 Å². The van der Waals surface area contributed by atoms with Crippen LogP contribution in [0.15, 0.2) is 6.20 Å². The summed E-state index contributed by atoms with van der Waals surface area (Å²) in [6.45, 7) is 4.53. The number of carbonyl (C=O) groups excluding carboxylic acids is 1. The van der Waals surface area contributed by atoms with Gasteiger partial charge in [0, 0.05) is 0 Å². The van der Waals surface area contributed by atoms with Crippen LogP contribution in [0, 0.1) is 11.8 Å². The van der Waals surface area contributed by atoms with Crippen LogP contribution in [0.2, 0.25) is 0 Å². The highest BCUT2D eigenvalue weighted by Crippen LogP contribution is 2.36. The molecule has 1 aromatic heterocycles. The van der Waals surface area contributed by atoms with Gasteiger partial charge in [0.2, 0.25) is 0 Å². The van der Waals surface area contributed by atoms with Crippen molar-refractivity contribution in [2.75, 3.05) is 5.73 Å². The van der Waals surface area contributed by atoms with Gasteiger partial charge in [0.1, 0.15) is 5.82 Å². The molecule has 16 heavy (non-hydrogen) atoms. The van der Waals surface area contributed by atoms with Crippen molar-refractivity contribution >= 4 is 12.1 Å². The van der Waals surface area contributed by atoms with Gasteiger partial charge in [0.05, 0.1) is 17.8 Å². The summed E-state index contributed by atoms with van der Waals surface area (Å²) < 4.78 is 1.83. The summed E-state index contributed by atoms with van der Waals surface area (Å²) in [6, 6.07) is 0.354. The molecule has 2 N–H and O–H groups in total. The first-order valence-electron chi connectivity index (χ1n) is 5.90. The molecule has 4 nitrogen and oxygen atoms in total. The topological polar surface area (TPSA) is 60.9 Å². The maximum absolute atomic E-state index is 10.7. The largest absolute Gasteiger partial charge is 0.383 e. The van der Waals surface area contributed by atoms with E-state index >= 15 is 0 Å². The van der Waals surface area contributed by atoms with Gasteiger partial charge in [-0.1, -0.05) is 13.8 Å². The average molecular weight is 221 g/mol. The number of nitrogens with zero attached hydrogens (tertiary/aromatic N) is 2. The Morgan fingerprint density at radius 3 is 2.50 bits per heavy atom. The van der Waals surface area contributed by atoms with Crippen molar-refractivity contribution in [3.63, 3.8) is 0 Å². The van der Waals surface area contributed by atoms with Gasteiger partial charge < -0.3 is 5.73 Å². The highest BCUT2D eigenvalue weighted by molar-refractivity contribution is 5.81. The molecule has 88 valence electrons. The van der Waals surface area contributed by atoms with Gasteiger partial charge in [-0.15, -0.1) is 0 Å². The quantitative estimate of drug-likeness (QED) is 0.779. The molecule has 0 radical (unpaired) electrons. The molecule has 0 saturated heterocycles. The summed E-state index contributed by atoms with van der Waals surface area (Å²) in [7, 11) is 0. The smallest absolute Gasteiger partial charge is 0.155 e. The summed E-state index contributed by atoms with van der Waals surface area (Å²) in [6.07, 6.45) is 5.82. The van der Waals surface area contributed by atoms with E-state index in [2.05, 4.69) is 18.9 Å². The van der Waals surface area contributed by atoms with Crippen molar-refractivity contribution < 1.29 is 4.79 Å². The van der Waals surface area contributed by atoms with Crippen LogP contribution in [-0.2, 0) is 0 Å². The summed E-state index contributed by atoms with van der Waals surface area (Å²) in [4.78, 5) is 10.7. The normalized spacial score (nSPS) is 30.2. The van der Waals surface area contributed by atoms with Crippen molar-refractivity contribution in [1.29, 1.82) is 0 Å². The Hall–Kier alpha value is -1.32. The van der Waals surface area contributed by atoms with E-state index in [4.69, 9.17) is 5.73 Å². The highest BCUT2D eigenvalue weighted by Gasteiger charge is 2.27. The summed E-state index contributed by atoms with van der Waals surface area (Å²) >= 11 is 0. The predicted octanol–water partition coefficient (Wildman–Crippen LogP) is 2.28. The number of nitrogen functional groups attached to an aromatic ring is 1. The van der Waals surface area contributed by atoms with Gasteiger partial charge in [-0.3, -0.25) is 4.79 Å². The number of hydrogen-bond donors (Lipinski definition) is 1. The fourth-order valence-corrected chi connectivity index (χ4v) is 2.87. The molecule has 0 bridgehead atoms. The van der Waals surface area contributed by atoms with Crippen LogP contribution in [0.1, 0.15) is 49.5 Å². The van der Waals surface area contributed by atoms with Crippen molar-refractivity contribution in [3.8, 4) is 0 Å². The summed E-state index contributed by atoms with van der Waals surface area (Å²) in [5, 5.41) is 4.24. The molecule has 1 aliphatic carbocycles. The minimum Gasteiger partial charge on any atom is -0.383 e.